The molecule has 1 heterocycles. The third-order valence-corrected chi connectivity index (χ3v) is 3.32. The van der Waals surface area contributed by atoms with Crippen LogP contribution < -0.4 is 5.32 Å². The second-order valence-corrected chi connectivity index (χ2v) is 5.37. The van der Waals surface area contributed by atoms with Gasteiger partial charge >= 0.3 is 0 Å². The van der Waals surface area contributed by atoms with Gasteiger partial charge in [0.1, 0.15) is 0 Å². The number of nitrogens with zero attached hydrogens (tertiary/aromatic N) is 1. The van der Waals surface area contributed by atoms with Crippen LogP contribution in [0.5, 0.6) is 0 Å². The molecule has 0 spiro atoms. The molecule has 0 unspecified atom stereocenters. The molecular formula is C14H15IN2. The number of nitrogens with one attached hydrogen (secondary N) is 1. The normalized spacial score (nSPS) is 10.3. The van der Waals surface area contributed by atoms with E-state index in [0.29, 0.717) is 0 Å². The summed E-state index contributed by atoms with van der Waals surface area (Å²) in [6.07, 6.45) is 1.92. The number of hydrogen-bond acceptors (Lipinski definition) is 2. The van der Waals surface area contributed by atoms with E-state index in [-0.39, 0.29) is 0 Å². The summed E-state index contributed by atoms with van der Waals surface area (Å²) in [6.45, 7) is 4.94. The van der Waals surface area contributed by atoms with Gasteiger partial charge in [-0.25, -0.2) is 0 Å². The molecule has 17 heavy (non-hydrogen) atoms. The van der Waals surface area contributed by atoms with E-state index in [2.05, 4.69) is 64.1 Å². The van der Waals surface area contributed by atoms with Crippen LogP contribution in [0.3, 0.4) is 0 Å². The highest BCUT2D eigenvalue weighted by Crippen LogP contribution is 2.18. The number of benzene rings is 1. The van der Waals surface area contributed by atoms with E-state index in [1.807, 2.05) is 19.2 Å². The first-order valence-electron chi connectivity index (χ1n) is 5.57. The Bertz CT molecular complexity index is 506. The monoisotopic (exact) mass is 338 g/mol. The van der Waals surface area contributed by atoms with Crippen molar-refractivity contribution in [3.8, 4) is 0 Å². The molecule has 88 valence electrons. The number of hydrogen-bond donors (Lipinski definition) is 1. The molecular weight excluding hydrogens is 323 g/mol. The minimum Gasteiger partial charge on any atom is -0.381 e. The zero-order valence-corrected chi connectivity index (χ0v) is 12.2. The van der Waals surface area contributed by atoms with Crippen LogP contribution in [0.2, 0.25) is 0 Å². The zero-order valence-electron chi connectivity index (χ0n) is 10.00. The Morgan fingerprint density at radius 2 is 2.00 bits per heavy atom. The van der Waals surface area contributed by atoms with Crippen LogP contribution in [-0.2, 0) is 6.54 Å². The van der Waals surface area contributed by atoms with Crippen LogP contribution in [0, 0.1) is 17.4 Å². The molecule has 0 aliphatic heterocycles. The number of rotatable bonds is 3. The number of pyridine rings is 1. The summed E-state index contributed by atoms with van der Waals surface area (Å²) in [7, 11) is 0. The summed E-state index contributed by atoms with van der Waals surface area (Å²) in [4.78, 5) is 4.29. The van der Waals surface area contributed by atoms with E-state index >= 15 is 0 Å². The molecule has 1 N–H and O–H groups in total. The first-order valence-corrected chi connectivity index (χ1v) is 6.64. The van der Waals surface area contributed by atoms with Gasteiger partial charge in [0.25, 0.3) is 0 Å². The highest BCUT2D eigenvalue weighted by atomic mass is 127. The first kappa shape index (κ1) is 12.4. The van der Waals surface area contributed by atoms with E-state index < -0.39 is 0 Å². The van der Waals surface area contributed by atoms with E-state index in [0.717, 1.165) is 12.2 Å². The van der Waals surface area contributed by atoms with Crippen molar-refractivity contribution >= 4 is 28.3 Å². The van der Waals surface area contributed by atoms with Gasteiger partial charge in [-0.3, -0.25) is 4.98 Å². The predicted octanol–water partition coefficient (Wildman–Crippen LogP) is 3.92. The Morgan fingerprint density at radius 1 is 1.18 bits per heavy atom. The summed E-state index contributed by atoms with van der Waals surface area (Å²) in [5.74, 6) is 0. The van der Waals surface area contributed by atoms with Crippen LogP contribution >= 0.6 is 22.6 Å². The van der Waals surface area contributed by atoms with Crippen LogP contribution in [0.15, 0.2) is 36.5 Å². The van der Waals surface area contributed by atoms with Gasteiger partial charge in [-0.1, -0.05) is 6.07 Å². The number of halogens is 1. The van der Waals surface area contributed by atoms with Crippen LogP contribution in [-0.4, -0.2) is 4.98 Å². The van der Waals surface area contributed by atoms with Gasteiger partial charge in [-0.15, -0.1) is 0 Å². The molecule has 1 aromatic carbocycles. The molecule has 0 radical (unpaired) electrons. The van der Waals surface area contributed by atoms with Gasteiger partial charge in [0, 0.05) is 27.7 Å². The third-order valence-electron chi connectivity index (χ3n) is 2.64. The molecule has 3 heteroatoms. The minimum atomic E-state index is 0.814. The number of anilines is 1. The van der Waals surface area contributed by atoms with Gasteiger partial charge in [0.05, 0.1) is 0 Å². The van der Waals surface area contributed by atoms with Gasteiger partial charge < -0.3 is 5.32 Å². The van der Waals surface area contributed by atoms with Crippen molar-refractivity contribution in [3.63, 3.8) is 0 Å². The molecule has 0 atom stereocenters. The highest BCUT2D eigenvalue weighted by Gasteiger charge is 1.99. The topological polar surface area (TPSA) is 24.9 Å². The lowest BCUT2D eigenvalue weighted by molar-refractivity contribution is 1.08. The third kappa shape index (κ3) is 3.43. The standard InChI is InChI=1S/C14H15IN2/c1-10-7-13(15)5-6-14(10)17-9-12-4-3-11(2)16-8-12/h3-8,17H,9H2,1-2H3. The fraction of sp³-hybridized carbons (Fsp3) is 0.214. The average Bonchev–Trinajstić information content (AvgIpc) is 2.30. The number of aryl methyl sites for hydroxylation is 2. The zero-order chi connectivity index (χ0) is 12.3. The molecule has 2 aromatic rings. The summed E-state index contributed by atoms with van der Waals surface area (Å²) in [6, 6.07) is 10.6. The Labute approximate surface area is 116 Å². The smallest absolute Gasteiger partial charge is 0.0416 e. The SMILES string of the molecule is Cc1ccc(CNc2ccc(I)cc2C)cn1. The fourth-order valence-electron chi connectivity index (χ4n) is 1.63. The second-order valence-electron chi connectivity index (χ2n) is 4.12. The summed E-state index contributed by atoms with van der Waals surface area (Å²) in [5.41, 5.74) is 4.72. The summed E-state index contributed by atoms with van der Waals surface area (Å²) < 4.78 is 1.27. The molecule has 0 amide bonds. The molecule has 1 aromatic heterocycles. The Kier molecular flexibility index (Phi) is 3.99. The summed E-state index contributed by atoms with van der Waals surface area (Å²) in [5, 5.41) is 3.43. The van der Waals surface area contributed by atoms with Crippen molar-refractivity contribution in [2.45, 2.75) is 20.4 Å². The molecule has 2 rings (SSSR count). The maximum atomic E-state index is 4.29. The largest absolute Gasteiger partial charge is 0.381 e. The van der Waals surface area contributed by atoms with E-state index in [4.69, 9.17) is 0 Å². The van der Waals surface area contributed by atoms with Crippen LogP contribution in [0.1, 0.15) is 16.8 Å². The Hall–Kier alpha value is -1.10. The lowest BCUT2D eigenvalue weighted by Crippen LogP contribution is -2.01. The van der Waals surface area contributed by atoms with Crippen molar-refractivity contribution in [3.05, 3.63) is 56.9 Å². The molecule has 0 aliphatic rings. The van der Waals surface area contributed by atoms with Crippen molar-refractivity contribution in [2.75, 3.05) is 5.32 Å². The van der Waals surface area contributed by atoms with Crippen molar-refractivity contribution in [1.82, 2.24) is 4.98 Å². The second kappa shape index (κ2) is 5.49. The maximum Gasteiger partial charge on any atom is 0.0416 e. The van der Waals surface area contributed by atoms with E-state index in [9.17, 15) is 0 Å². The number of aromatic nitrogens is 1. The van der Waals surface area contributed by atoms with Gasteiger partial charge in [-0.2, -0.15) is 0 Å². The average molecular weight is 338 g/mol. The van der Waals surface area contributed by atoms with Gasteiger partial charge in [0.15, 0.2) is 0 Å². The Morgan fingerprint density at radius 3 is 2.65 bits per heavy atom. The van der Waals surface area contributed by atoms with Crippen molar-refractivity contribution in [2.24, 2.45) is 0 Å². The van der Waals surface area contributed by atoms with E-state index in [1.54, 1.807) is 0 Å². The van der Waals surface area contributed by atoms with Crippen molar-refractivity contribution in [1.29, 1.82) is 0 Å². The maximum absolute atomic E-state index is 4.29. The van der Waals surface area contributed by atoms with Crippen LogP contribution in [0.4, 0.5) is 5.69 Å². The van der Waals surface area contributed by atoms with Crippen LogP contribution in [0.25, 0.3) is 0 Å². The lowest BCUT2D eigenvalue weighted by atomic mass is 10.2. The van der Waals surface area contributed by atoms with E-state index in [1.165, 1.54) is 20.4 Å². The quantitative estimate of drug-likeness (QED) is 0.859. The van der Waals surface area contributed by atoms with Crippen molar-refractivity contribution < 1.29 is 0 Å². The Balaban J connectivity index is 2.04. The van der Waals surface area contributed by atoms with Gasteiger partial charge in [-0.05, 0) is 71.8 Å². The minimum absolute atomic E-state index is 0.814. The fourth-order valence-corrected chi connectivity index (χ4v) is 2.27. The predicted molar refractivity (Wildman–Crippen MR) is 80.2 cm³/mol. The molecule has 0 aliphatic carbocycles. The molecule has 0 saturated heterocycles. The molecule has 0 saturated carbocycles. The van der Waals surface area contributed by atoms with Gasteiger partial charge in [0.2, 0.25) is 0 Å². The molecule has 0 bridgehead atoms. The summed E-state index contributed by atoms with van der Waals surface area (Å²) >= 11 is 2.33. The molecule has 2 nitrogen and oxygen atoms in total. The highest BCUT2D eigenvalue weighted by molar-refractivity contribution is 14.1. The first-order chi connectivity index (χ1) is 8.15. The lowest BCUT2D eigenvalue weighted by Gasteiger charge is -2.09. The molecule has 0 fully saturated rings.